The molecule has 0 aliphatic carbocycles. The number of fused-ring (bicyclic) bond motifs is 1. The summed E-state index contributed by atoms with van der Waals surface area (Å²) in [7, 11) is 1.56. The fourth-order valence-electron chi connectivity index (χ4n) is 2.53. The number of H-pyrrole nitrogens is 1. The third-order valence-corrected chi connectivity index (χ3v) is 3.58. The molecule has 1 aromatic carbocycles. The Labute approximate surface area is 143 Å². The number of nitrogens with one attached hydrogen (secondary N) is 2. The van der Waals surface area contributed by atoms with Crippen LogP contribution in [-0.2, 0) is 9.53 Å². The molecular formula is C18H15N3O4. The van der Waals surface area contributed by atoms with E-state index in [1.807, 2.05) is 0 Å². The monoisotopic (exact) mass is 337 g/mol. The molecule has 1 aliphatic heterocycles. The van der Waals surface area contributed by atoms with E-state index in [9.17, 15) is 9.59 Å². The molecule has 0 saturated heterocycles. The maximum Gasteiger partial charge on any atom is 0.405 e. The number of methoxy groups -OCH3 is 1. The number of hydrogen-bond donors (Lipinski definition) is 3. The third-order valence-electron chi connectivity index (χ3n) is 3.58. The molecule has 25 heavy (non-hydrogen) atoms. The van der Waals surface area contributed by atoms with Crippen molar-refractivity contribution < 1.29 is 19.1 Å². The highest BCUT2D eigenvalue weighted by atomic mass is 16.5. The van der Waals surface area contributed by atoms with Gasteiger partial charge in [0.25, 0.3) is 5.91 Å². The number of ether oxygens (including phenoxy) is 2. The fraction of sp³-hybridized carbons (Fsp3) is 0.111. The topological polar surface area (TPSA) is 106 Å². The van der Waals surface area contributed by atoms with E-state index in [1.54, 1.807) is 43.6 Å². The lowest BCUT2D eigenvalue weighted by Crippen LogP contribution is -2.12. The quantitative estimate of drug-likeness (QED) is 0.588. The predicted molar refractivity (Wildman–Crippen MR) is 92.7 cm³/mol. The molecular weight excluding hydrogens is 322 g/mol. The van der Waals surface area contributed by atoms with Gasteiger partial charge < -0.3 is 25.5 Å². The summed E-state index contributed by atoms with van der Waals surface area (Å²) in [5.74, 6) is 6.01. The van der Waals surface area contributed by atoms with E-state index < -0.39 is 6.09 Å². The lowest BCUT2D eigenvalue weighted by Gasteiger charge is -2.03. The van der Waals surface area contributed by atoms with Crippen LogP contribution in [0.5, 0.6) is 5.75 Å². The van der Waals surface area contributed by atoms with Crippen molar-refractivity contribution in [2.75, 3.05) is 19.0 Å². The van der Waals surface area contributed by atoms with Gasteiger partial charge in [-0.3, -0.25) is 4.79 Å². The SMILES string of the molecule is COc1cc[nH]c1/C=C1\C(=O)Nc2cccc(C#CCOC(N)=O)c21. The number of anilines is 1. The Hall–Kier alpha value is -3.66. The zero-order chi connectivity index (χ0) is 17.8. The Morgan fingerprint density at radius 3 is 2.96 bits per heavy atom. The van der Waals surface area contributed by atoms with Gasteiger partial charge in [-0.15, -0.1) is 0 Å². The Balaban J connectivity index is 2.00. The van der Waals surface area contributed by atoms with E-state index in [0.29, 0.717) is 33.8 Å². The standard InChI is InChI=1S/C18H15N3O4/c1-24-15-7-8-20-14(15)10-12-16-11(5-3-9-25-18(19)23)4-2-6-13(16)21-17(12)22/h2,4,6-8,10,20H,9H2,1H3,(H2,19,23)(H,21,22)/b12-10-. The van der Waals surface area contributed by atoms with Gasteiger partial charge in [-0.1, -0.05) is 17.9 Å². The Kier molecular flexibility index (Phi) is 4.44. The zero-order valence-electron chi connectivity index (χ0n) is 13.4. The Bertz CT molecular complexity index is 931. The average molecular weight is 337 g/mol. The summed E-state index contributed by atoms with van der Waals surface area (Å²) in [4.78, 5) is 26.0. The molecule has 7 nitrogen and oxygen atoms in total. The highest BCUT2D eigenvalue weighted by Crippen LogP contribution is 2.36. The molecule has 0 fully saturated rings. The summed E-state index contributed by atoms with van der Waals surface area (Å²) in [6, 6.07) is 7.14. The van der Waals surface area contributed by atoms with E-state index in [4.69, 9.17) is 10.5 Å². The minimum Gasteiger partial charge on any atom is -0.495 e. The van der Waals surface area contributed by atoms with Crippen LogP contribution in [0, 0.1) is 11.8 Å². The molecule has 0 spiro atoms. The van der Waals surface area contributed by atoms with Crippen molar-refractivity contribution in [1.82, 2.24) is 4.98 Å². The molecule has 0 unspecified atom stereocenters. The molecule has 4 N–H and O–H groups in total. The van der Waals surface area contributed by atoms with Gasteiger partial charge in [0.05, 0.1) is 24.1 Å². The van der Waals surface area contributed by atoms with Gasteiger partial charge in [-0.05, 0) is 24.3 Å². The molecule has 1 aromatic heterocycles. The van der Waals surface area contributed by atoms with Crippen LogP contribution in [0.4, 0.5) is 10.5 Å². The van der Waals surface area contributed by atoms with Crippen LogP contribution in [0.15, 0.2) is 30.5 Å². The Morgan fingerprint density at radius 1 is 1.36 bits per heavy atom. The van der Waals surface area contributed by atoms with Crippen molar-refractivity contribution in [3.63, 3.8) is 0 Å². The number of rotatable bonds is 3. The summed E-state index contributed by atoms with van der Waals surface area (Å²) >= 11 is 0. The largest absolute Gasteiger partial charge is 0.495 e. The van der Waals surface area contributed by atoms with Crippen molar-refractivity contribution in [3.05, 3.63) is 47.3 Å². The van der Waals surface area contributed by atoms with Crippen molar-refractivity contribution in [2.45, 2.75) is 0 Å². The second kappa shape index (κ2) is 6.84. The van der Waals surface area contributed by atoms with E-state index in [2.05, 4.69) is 26.9 Å². The van der Waals surface area contributed by atoms with Gasteiger partial charge in [-0.2, -0.15) is 0 Å². The minimum absolute atomic E-state index is 0.121. The number of aromatic nitrogens is 1. The third kappa shape index (κ3) is 3.33. The molecule has 2 amide bonds. The van der Waals surface area contributed by atoms with Gasteiger partial charge in [-0.25, -0.2) is 4.79 Å². The van der Waals surface area contributed by atoms with Crippen LogP contribution in [0.1, 0.15) is 16.8 Å². The van der Waals surface area contributed by atoms with Gasteiger partial charge in [0, 0.05) is 17.3 Å². The van der Waals surface area contributed by atoms with Crippen molar-refractivity contribution >= 4 is 29.3 Å². The summed E-state index contributed by atoms with van der Waals surface area (Å²) < 4.78 is 9.85. The molecule has 1 aliphatic rings. The highest BCUT2D eigenvalue weighted by Gasteiger charge is 2.26. The molecule has 0 atom stereocenters. The van der Waals surface area contributed by atoms with Crippen LogP contribution in [0.2, 0.25) is 0 Å². The normalized spacial score (nSPS) is 13.6. The van der Waals surface area contributed by atoms with Crippen molar-refractivity contribution in [1.29, 1.82) is 0 Å². The smallest absolute Gasteiger partial charge is 0.405 e. The first-order valence-electron chi connectivity index (χ1n) is 7.39. The van der Waals surface area contributed by atoms with Crippen LogP contribution < -0.4 is 15.8 Å². The number of aromatic amines is 1. The first kappa shape index (κ1) is 16.2. The molecule has 0 saturated carbocycles. The Morgan fingerprint density at radius 2 is 2.20 bits per heavy atom. The molecule has 3 rings (SSSR count). The lowest BCUT2D eigenvalue weighted by molar-refractivity contribution is -0.110. The second-order valence-corrected chi connectivity index (χ2v) is 5.11. The van der Waals surface area contributed by atoms with Gasteiger partial charge >= 0.3 is 6.09 Å². The van der Waals surface area contributed by atoms with Gasteiger partial charge in [0.15, 0.2) is 6.61 Å². The summed E-state index contributed by atoms with van der Waals surface area (Å²) in [5.41, 5.74) is 8.05. The average Bonchev–Trinajstić information content (AvgIpc) is 3.16. The molecule has 2 heterocycles. The van der Waals surface area contributed by atoms with Crippen LogP contribution in [0.25, 0.3) is 11.6 Å². The number of carbonyl (C=O) groups is 2. The highest BCUT2D eigenvalue weighted by molar-refractivity contribution is 6.35. The number of amides is 2. The zero-order valence-corrected chi connectivity index (χ0v) is 13.4. The maximum absolute atomic E-state index is 12.4. The molecule has 126 valence electrons. The summed E-state index contributed by atoms with van der Waals surface area (Å²) in [5, 5.41) is 2.81. The molecule has 7 heteroatoms. The number of hydrogen-bond acceptors (Lipinski definition) is 4. The van der Waals surface area contributed by atoms with E-state index in [-0.39, 0.29) is 12.5 Å². The molecule has 2 aromatic rings. The number of carbonyl (C=O) groups excluding carboxylic acids is 2. The van der Waals surface area contributed by atoms with Gasteiger partial charge in [0.1, 0.15) is 5.75 Å². The first-order valence-corrected chi connectivity index (χ1v) is 7.39. The fourth-order valence-corrected chi connectivity index (χ4v) is 2.53. The number of nitrogens with two attached hydrogens (primary N) is 1. The second-order valence-electron chi connectivity index (χ2n) is 5.11. The predicted octanol–water partition coefficient (Wildman–Crippen LogP) is 1.96. The summed E-state index contributed by atoms with van der Waals surface area (Å²) in [6.07, 6.45) is 2.56. The summed E-state index contributed by atoms with van der Waals surface area (Å²) in [6.45, 7) is -0.121. The molecule has 0 radical (unpaired) electrons. The van der Waals surface area contributed by atoms with E-state index in [0.717, 1.165) is 0 Å². The van der Waals surface area contributed by atoms with E-state index >= 15 is 0 Å². The van der Waals surface area contributed by atoms with Gasteiger partial charge in [0.2, 0.25) is 0 Å². The van der Waals surface area contributed by atoms with Crippen molar-refractivity contribution in [3.8, 4) is 17.6 Å². The van der Waals surface area contributed by atoms with Crippen molar-refractivity contribution in [2.24, 2.45) is 5.73 Å². The minimum atomic E-state index is -0.885. The maximum atomic E-state index is 12.4. The van der Waals surface area contributed by atoms with E-state index in [1.165, 1.54) is 0 Å². The van der Waals surface area contributed by atoms with Crippen LogP contribution >= 0.6 is 0 Å². The van der Waals surface area contributed by atoms with Crippen LogP contribution in [0.3, 0.4) is 0 Å². The lowest BCUT2D eigenvalue weighted by atomic mass is 10.00. The number of primary amides is 1. The van der Waals surface area contributed by atoms with Crippen LogP contribution in [-0.4, -0.2) is 30.7 Å². The number of benzene rings is 1. The molecule has 0 bridgehead atoms. The first-order chi connectivity index (χ1) is 12.1.